The molecule has 3 N–H and O–H groups in total. The molecule has 0 fully saturated rings. The first-order valence-electron chi connectivity index (χ1n) is 5.78. The highest BCUT2D eigenvalue weighted by atomic mass is 32.2. The van der Waals surface area contributed by atoms with Crippen molar-refractivity contribution in [2.45, 2.75) is 26.9 Å². The van der Waals surface area contributed by atoms with Crippen molar-refractivity contribution in [2.75, 3.05) is 22.8 Å². The molecule has 1 aromatic rings. The van der Waals surface area contributed by atoms with E-state index in [2.05, 4.69) is 4.72 Å². The average Bonchev–Trinajstić information content (AvgIpc) is 2.22. The fraction of sp³-hybridized carbons (Fsp3) is 0.500. The number of aryl methyl sites for hydroxylation is 1. The van der Waals surface area contributed by atoms with Crippen molar-refractivity contribution < 1.29 is 13.2 Å². The maximum atomic E-state index is 11.8. The van der Waals surface area contributed by atoms with Crippen molar-refractivity contribution in [2.24, 2.45) is 0 Å². The van der Waals surface area contributed by atoms with E-state index in [9.17, 15) is 8.42 Å². The first-order chi connectivity index (χ1) is 8.30. The van der Waals surface area contributed by atoms with E-state index in [4.69, 9.17) is 10.5 Å². The summed E-state index contributed by atoms with van der Waals surface area (Å²) < 4.78 is 31.2. The lowest BCUT2D eigenvalue weighted by atomic mass is 10.2. The molecule has 0 saturated carbocycles. The van der Waals surface area contributed by atoms with Gasteiger partial charge in [0.1, 0.15) is 0 Å². The van der Waals surface area contributed by atoms with Crippen LogP contribution >= 0.6 is 0 Å². The predicted octanol–water partition coefficient (Wildman–Crippen LogP) is 1.74. The van der Waals surface area contributed by atoms with Crippen molar-refractivity contribution >= 4 is 21.4 Å². The molecule has 0 amide bonds. The summed E-state index contributed by atoms with van der Waals surface area (Å²) in [6.07, 6.45) is 0.0268. The van der Waals surface area contributed by atoms with Crippen LogP contribution in [0.2, 0.25) is 0 Å². The largest absolute Gasteiger partial charge is 0.399 e. The summed E-state index contributed by atoms with van der Waals surface area (Å²) in [7, 11) is -3.38. The number of nitrogens with one attached hydrogen (secondary N) is 1. The topological polar surface area (TPSA) is 81.4 Å². The molecule has 0 atom stereocenters. The molecule has 0 aliphatic rings. The summed E-state index contributed by atoms with van der Waals surface area (Å²) in [5.74, 6) is -0.0609. The summed E-state index contributed by atoms with van der Waals surface area (Å²) in [4.78, 5) is 0. The lowest BCUT2D eigenvalue weighted by molar-refractivity contribution is 0.0913. The molecule has 1 rings (SSSR count). The van der Waals surface area contributed by atoms with Crippen LogP contribution in [-0.4, -0.2) is 26.9 Å². The fourth-order valence-corrected chi connectivity index (χ4v) is 2.27. The highest BCUT2D eigenvalue weighted by molar-refractivity contribution is 7.92. The standard InChI is InChI=1S/C12H20N2O3S/c1-9(2)17-6-7-18(15,16)14-11-4-5-12(13)10(3)8-11/h4-5,8-9,14H,6-7,13H2,1-3H3. The highest BCUT2D eigenvalue weighted by Crippen LogP contribution is 2.17. The van der Waals surface area contributed by atoms with Crippen molar-refractivity contribution in [1.29, 1.82) is 0 Å². The normalized spacial score (nSPS) is 11.8. The zero-order valence-corrected chi connectivity index (χ0v) is 11.8. The van der Waals surface area contributed by atoms with Gasteiger partial charge in [0.15, 0.2) is 0 Å². The number of nitrogen functional groups attached to an aromatic ring is 1. The van der Waals surface area contributed by atoms with Crippen molar-refractivity contribution in [3.63, 3.8) is 0 Å². The van der Waals surface area contributed by atoms with Gasteiger partial charge in [-0.2, -0.15) is 0 Å². The molecule has 0 spiro atoms. The summed E-state index contributed by atoms with van der Waals surface area (Å²) in [6.45, 7) is 5.74. The van der Waals surface area contributed by atoms with Crippen LogP contribution in [0.15, 0.2) is 18.2 Å². The van der Waals surface area contributed by atoms with Crippen LogP contribution in [0.1, 0.15) is 19.4 Å². The van der Waals surface area contributed by atoms with Crippen LogP contribution in [0.4, 0.5) is 11.4 Å². The van der Waals surface area contributed by atoms with Crippen molar-refractivity contribution in [3.05, 3.63) is 23.8 Å². The third-order valence-corrected chi connectivity index (χ3v) is 3.60. The molecule has 0 aromatic heterocycles. The minimum atomic E-state index is -3.38. The number of rotatable bonds is 6. The third kappa shape index (κ3) is 4.93. The van der Waals surface area contributed by atoms with E-state index in [1.807, 2.05) is 20.8 Å². The zero-order chi connectivity index (χ0) is 13.8. The Morgan fingerprint density at radius 1 is 1.39 bits per heavy atom. The van der Waals surface area contributed by atoms with E-state index in [0.29, 0.717) is 11.4 Å². The van der Waals surface area contributed by atoms with E-state index < -0.39 is 10.0 Å². The molecule has 18 heavy (non-hydrogen) atoms. The van der Waals surface area contributed by atoms with Crippen LogP contribution in [0.5, 0.6) is 0 Å². The summed E-state index contributed by atoms with van der Waals surface area (Å²) in [6, 6.07) is 5.02. The van der Waals surface area contributed by atoms with E-state index in [1.54, 1.807) is 18.2 Å². The quantitative estimate of drug-likeness (QED) is 0.773. The van der Waals surface area contributed by atoms with Gasteiger partial charge in [-0.3, -0.25) is 4.72 Å². The molecule has 0 unspecified atom stereocenters. The zero-order valence-electron chi connectivity index (χ0n) is 10.9. The van der Waals surface area contributed by atoms with Gasteiger partial charge in [-0.1, -0.05) is 0 Å². The Morgan fingerprint density at radius 3 is 2.61 bits per heavy atom. The number of ether oxygens (including phenoxy) is 1. The van der Waals surface area contributed by atoms with Crippen LogP contribution in [0.25, 0.3) is 0 Å². The molecule has 1 aromatic carbocycles. The number of benzene rings is 1. The Bertz CT molecular complexity index is 498. The molecule has 6 heteroatoms. The summed E-state index contributed by atoms with van der Waals surface area (Å²) >= 11 is 0. The van der Waals surface area contributed by atoms with Gasteiger partial charge in [-0.25, -0.2) is 8.42 Å². The average molecular weight is 272 g/mol. The smallest absolute Gasteiger partial charge is 0.235 e. The maximum Gasteiger partial charge on any atom is 0.235 e. The second-order valence-corrected chi connectivity index (χ2v) is 6.25. The second kappa shape index (κ2) is 6.06. The van der Waals surface area contributed by atoms with Gasteiger partial charge in [0.2, 0.25) is 10.0 Å². The molecular formula is C12H20N2O3S. The van der Waals surface area contributed by atoms with E-state index >= 15 is 0 Å². The maximum absolute atomic E-state index is 11.8. The predicted molar refractivity (Wildman–Crippen MR) is 74.1 cm³/mol. The second-order valence-electron chi connectivity index (χ2n) is 4.41. The molecular weight excluding hydrogens is 252 g/mol. The van der Waals surface area contributed by atoms with Crippen LogP contribution in [-0.2, 0) is 14.8 Å². The Labute approximate surface area is 108 Å². The van der Waals surface area contributed by atoms with Gasteiger partial charge >= 0.3 is 0 Å². The highest BCUT2D eigenvalue weighted by Gasteiger charge is 2.11. The first-order valence-corrected chi connectivity index (χ1v) is 7.43. The molecule has 0 heterocycles. The number of sulfonamides is 1. The lowest BCUT2D eigenvalue weighted by Gasteiger charge is -2.11. The Morgan fingerprint density at radius 2 is 2.06 bits per heavy atom. The van der Waals surface area contributed by atoms with Crippen molar-refractivity contribution in [1.82, 2.24) is 0 Å². The monoisotopic (exact) mass is 272 g/mol. The summed E-state index contributed by atoms with van der Waals surface area (Å²) in [5.41, 5.74) is 7.67. The van der Waals surface area contributed by atoms with Gasteiger partial charge in [-0.15, -0.1) is 0 Å². The van der Waals surface area contributed by atoms with Gasteiger partial charge in [0.25, 0.3) is 0 Å². The molecule has 5 nitrogen and oxygen atoms in total. The van der Waals surface area contributed by atoms with Crippen LogP contribution < -0.4 is 10.5 Å². The number of anilines is 2. The van der Waals surface area contributed by atoms with Gasteiger partial charge in [0, 0.05) is 11.4 Å². The van der Waals surface area contributed by atoms with Crippen LogP contribution in [0, 0.1) is 6.92 Å². The van der Waals surface area contributed by atoms with Crippen molar-refractivity contribution in [3.8, 4) is 0 Å². The SMILES string of the molecule is Cc1cc(NS(=O)(=O)CCOC(C)C)ccc1N. The van der Waals surface area contributed by atoms with E-state index in [-0.39, 0.29) is 18.5 Å². The van der Waals surface area contributed by atoms with Gasteiger partial charge in [0.05, 0.1) is 18.5 Å². The summed E-state index contributed by atoms with van der Waals surface area (Å²) in [5, 5.41) is 0. The molecule has 0 radical (unpaired) electrons. The number of hydrogen-bond acceptors (Lipinski definition) is 4. The Kier molecular flexibility index (Phi) is 4.98. The first kappa shape index (κ1) is 14.8. The number of nitrogens with two attached hydrogens (primary N) is 1. The minimum absolute atomic E-state index is 0.0268. The van der Waals surface area contributed by atoms with Gasteiger partial charge in [-0.05, 0) is 44.5 Å². The Hall–Kier alpha value is -1.27. The molecule has 0 bridgehead atoms. The number of hydrogen-bond donors (Lipinski definition) is 2. The fourth-order valence-electron chi connectivity index (χ4n) is 1.36. The third-order valence-electron chi connectivity index (χ3n) is 2.35. The molecule has 102 valence electrons. The Balaban J connectivity index is 2.62. The lowest BCUT2D eigenvalue weighted by Crippen LogP contribution is -2.21. The van der Waals surface area contributed by atoms with Crippen LogP contribution in [0.3, 0.4) is 0 Å². The molecule has 0 saturated heterocycles. The molecule has 0 aliphatic heterocycles. The van der Waals surface area contributed by atoms with E-state index in [1.165, 1.54) is 0 Å². The molecule has 0 aliphatic carbocycles. The minimum Gasteiger partial charge on any atom is -0.399 e. The van der Waals surface area contributed by atoms with Gasteiger partial charge < -0.3 is 10.5 Å². The van der Waals surface area contributed by atoms with E-state index in [0.717, 1.165) is 5.56 Å².